The maximum absolute atomic E-state index is 11.6. The Hall–Kier alpha value is -1.62. The van der Waals surface area contributed by atoms with E-state index in [1.165, 1.54) is 16.8 Å². The summed E-state index contributed by atoms with van der Waals surface area (Å²) in [6.07, 6.45) is 6.35. The van der Waals surface area contributed by atoms with Crippen LogP contribution in [-0.4, -0.2) is 21.3 Å². The summed E-state index contributed by atoms with van der Waals surface area (Å²) in [6.45, 7) is 0.128. The lowest BCUT2D eigenvalue weighted by atomic mass is 10.1. The lowest BCUT2D eigenvalue weighted by molar-refractivity contribution is 0.230. The number of aromatic amines is 1. The SMILES string of the molecule is O=c1ccn([C@@H]2C=C[C@@]3(CO)C[C@@H]23)c(=O)[nH]1. The van der Waals surface area contributed by atoms with E-state index < -0.39 is 0 Å². The molecule has 0 radical (unpaired) electrons. The summed E-state index contributed by atoms with van der Waals surface area (Å²) >= 11 is 0. The van der Waals surface area contributed by atoms with Gasteiger partial charge in [0.25, 0.3) is 5.56 Å². The van der Waals surface area contributed by atoms with Crippen molar-refractivity contribution in [1.82, 2.24) is 9.55 Å². The highest BCUT2D eigenvalue weighted by atomic mass is 16.3. The minimum absolute atomic E-state index is 0.0310. The summed E-state index contributed by atoms with van der Waals surface area (Å²) in [5.41, 5.74) is -0.879. The second kappa shape index (κ2) is 2.95. The number of rotatable bonds is 2. The molecule has 0 saturated heterocycles. The Labute approximate surface area is 91.1 Å². The summed E-state index contributed by atoms with van der Waals surface area (Å²) in [5, 5.41) is 9.25. The van der Waals surface area contributed by atoms with E-state index in [0.717, 1.165) is 6.42 Å². The predicted molar refractivity (Wildman–Crippen MR) is 57.1 cm³/mol. The van der Waals surface area contributed by atoms with Crippen molar-refractivity contribution in [3.8, 4) is 0 Å². The Morgan fingerprint density at radius 2 is 2.38 bits per heavy atom. The Morgan fingerprint density at radius 3 is 2.94 bits per heavy atom. The van der Waals surface area contributed by atoms with Crippen LogP contribution in [0.2, 0.25) is 0 Å². The largest absolute Gasteiger partial charge is 0.395 e. The molecule has 0 amide bonds. The fourth-order valence-electron chi connectivity index (χ4n) is 2.61. The minimum atomic E-state index is -0.386. The number of fused-ring (bicyclic) bond motifs is 1. The van der Waals surface area contributed by atoms with Crippen molar-refractivity contribution < 1.29 is 5.11 Å². The van der Waals surface area contributed by atoms with E-state index in [1.807, 2.05) is 12.2 Å². The van der Waals surface area contributed by atoms with E-state index in [2.05, 4.69) is 4.98 Å². The maximum atomic E-state index is 11.6. The van der Waals surface area contributed by atoms with Crippen LogP contribution in [0.15, 0.2) is 34.0 Å². The van der Waals surface area contributed by atoms with Gasteiger partial charge in [-0.2, -0.15) is 0 Å². The topological polar surface area (TPSA) is 75.1 Å². The average Bonchev–Trinajstić information content (AvgIpc) is 2.88. The van der Waals surface area contributed by atoms with Gasteiger partial charge in [-0.15, -0.1) is 0 Å². The molecule has 1 aromatic rings. The molecule has 2 aliphatic carbocycles. The van der Waals surface area contributed by atoms with Crippen LogP contribution in [0.4, 0.5) is 0 Å². The molecule has 2 N–H and O–H groups in total. The molecule has 2 aliphatic rings. The summed E-state index contributed by atoms with van der Waals surface area (Å²) in [7, 11) is 0. The van der Waals surface area contributed by atoms with Gasteiger partial charge in [-0.05, 0) is 12.3 Å². The number of aliphatic hydroxyl groups is 1. The van der Waals surface area contributed by atoms with Crippen LogP contribution >= 0.6 is 0 Å². The lowest BCUT2D eigenvalue weighted by Crippen LogP contribution is -2.31. The molecular weight excluding hydrogens is 208 g/mol. The molecule has 0 spiro atoms. The standard InChI is InChI=1S/C11H12N2O3/c14-6-11-3-1-8(7(11)5-11)13-4-2-9(15)12-10(13)16/h1-4,7-8,14H,5-6H2,(H,12,15,16)/t7-,8+,11-/m0/s1. The summed E-state index contributed by atoms with van der Waals surface area (Å²) in [4.78, 5) is 24.8. The molecule has 5 heteroatoms. The van der Waals surface area contributed by atoms with E-state index in [9.17, 15) is 14.7 Å². The first kappa shape index (κ1) is 9.59. The van der Waals surface area contributed by atoms with Gasteiger partial charge in [-0.25, -0.2) is 4.79 Å². The Balaban J connectivity index is 1.99. The molecule has 0 unspecified atom stereocenters. The molecule has 3 atom stereocenters. The average molecular weight is 220 g/mol. The van der Waals surface area contributed by atoms with Crippen molar-refractivity contribution in [2.24, 2.45) is 11.3 Å². The molecule has 0 aliphatic heterocycles. The minimum Gasteiger partial charge on any atom is -0.395 e. The van der Waals surface area contributed by atoms with Crippen molar-refractivity contribution in [3.63, 3.8) is 0 Å². The molecule has 5 nitrogen and oxygen atoms in total. The fraction of sp³-hybridized carbons (Fsp3) is 0.455. The monoisotopic (exact) mass is 220 g/mol. The second-order valence-electron chi connectivity index (χ2n) is 4.57. The van der Waals surface area contributed by atoms with Gasteiger partial charge in [-0.1, -0.05) is 12.2 Å². The van der Waals surface area contributed by atoms with Crippen LogP contribution in [0.25, 0.3) is 0 Å². The highest BCUT2D eigenvalue weighted by molar-refractivity contribution is 5.27. The van der Waals surface area contributed by atoms with Crippen LogP contribution in [-0.2, 0) is 0 Å². The van der Waals surface area contributed by atoms with E-state index in [1.54, 1.807) is 0 Å². The van der Waals surface area contributed by atoms with Crippen LogP contribution in [0.3, 0.4) is 0 Å². The van der Waals surface area contributed by atoms with Crippen LogP contribution in [0, 0.1) is 11.3 Å². The van der Waals surface area contributed by atoms with E-state index in [0.29, 0.717) is 5.92 Å². The zero-order valence-corrected chi connectivity index (χ0v) is 8.59. The van der Waals surface area contributed by atoms with Crippen LogP contribution < -0.4 is 11.2 Å². The fourth-order valence-corrected chi connectivity index (χ4v) is 2.61. The Kier molecular flexibility index (Phi) is 1.77. The zero-order chi connectivity index (χ0) is 11.3. The molecule has 0 aromatic carbocycles. The molecule has 1 aromatic heterocycles. The smallest absolute Gasteiger partial charge is 0.328 e. The zero-order valence-electron chi connectivity index (χ0n) is 8.59. The van der Waals surface area contributed by atoms with Crippen LogP contribution in [0.5, 0.6) is 0 Å². The molecule has 3 rings (SSSR count). The molecular formula is C11H12N2O3. The maximum Gasteiger partial charge on any atom is 0.328 e. The third-order valence-electron chi connectivity index (χ3n) is 3.68. The summed E-state index contributed by atoms with van der Waals surface area (Å²) in [6, 6.07) is 1.31. The first-order chi connectivity index (χ1) is 7.66. The highest BCUT2D eigenvalue weighted by Crippen LogP contribution is 2.63. The first-order valence-electron chi connectivity index (χ1n) is 5.28. The molecule has 0 bridgehead atoms. The van der Waals surface area contributed by atoms with E-state index >= 15 is 0 Å². The molecule has 16 heavy (non-hydrogen) atoms. The lowest BCUT2D eigenvalue weighted by Gasteiger charge is -2.12. The number of allylic oxidation sites excluding steroid dienone is 1. The number of hydrogen-bond acceptors (Lipinski definition) is 3. The predicted octanol–water partition coefficient (Wildman–Crippen LogP) is -0.354. The summed E-state index contributed by atoms with van der Waals surface area (Å²) < 4.78 is 1.52. The van der Waals surface area contributed by atoms with Gasteiger partial charge in [-0.3, -0.25) is 14.3 Å². The Bertz CT molecular complexity index is 571. The first-order valence-corrected chi connectivity index (χ1v) is 5.28. The number of nitrogens with one attached hydrogen (secondary N) is 1. The quantitative estimate of drug-likeness (QED) is 0.669. The third-order valence-corrected chi connectivity index (χ3v) is 3.68. The normalized spacial score (nSPS) is 35.1. The molecule has 84 valence electrons. The molecule has 1 saturated carbocycles. The van der Waals surface area contributed by atoms with Gasteiger partial charge < -0.3 is 5.11 Å². The molecule has 1 fully saturated rings. The number of aromatic nitrogens is 2. The number of hydrogen-bond donors (Lipinski definition) is 2. The number of H-pyrrole nitrogens is 1. The van der Waals surface area contributed by atoms with Gasteiger partial charge in [0.2, 0.25) is 0 Å². The van der Waals surface area contributed by atoms with Gasteiger partial charge in [0.15, 0.2) is 0 Å². The van der Waals surface area contributed by atoms with Crippen molar-refractivity contribution >= 4 is 0 Å². The van der Waals surface area contributed by atoms with Gasteiger partial charge >= 0.3 is 5.69 Å². The molecule has 1 heterocycles. The highest BCUT2D eigenvalue weighted by Gasteiger charge is 2.58. The number of nitrogens with zero attached hydrogens (tertiary/aromatic N) is 1. The second-order valence-corrected chi connectivity index (χ2v) is 4.57. The van der Waals surface area contributed by atoms with E-state index in [-0.39, 0.29) is 29.3 Å². The van der Waals surface area contributed by atoms with Gasteiger partial charge in [0.1, 0.15) is 0 Å². The van der Waals surface area contributed by atoms with Crippen molar-refractivity contribution in [1.29, 1.82) is 0 Å². The van der Waals surface area contributed by atoms with Crippen molar-refractivity contribution in [2.45, 2.75) is 12.5 Å². The third kappa shape index (κ3) is 1.15. The number of aliphatic hydroxyl groups excluding tert-OH is 1. The van der Waals surface area contributed by atoms with Gasteiger partial charge in [0.05, 0.1) is 12.6 Å². The Morgan fingerprint density at radius 1 is 1.56 bits per heavy atom. The van der Waals surface area contributed by atoms with Crippen LogP contribution in [0.1, 0.15) is 12.5 Å². The van der Waals surface area contributed by atoms with Gasteiger partial charge in [0, 0.05) is 17.7 Å². The summed E-state index contributed by atoms with van der Waals surface area (Å²) in [5.74, 6) is 0.293. The van der Waals surface area contributed by atoms with Crippen molar-refractivity contribution in [3.05, 3.63) is 45.3 Å². The van der Waals surface area contributed by atoms with Crippen molar-refractivity contribution in [2.75, 3.05) is 6.61 Å². The van der Waals surface area contributed by atoms with E-state index in [4.69, 9.17) is 0 Å².